The number of fused-ring (bicyclic) bond motifs is 3. The molecule has 0 aliphatic carbocycles. The van der Waals surface area contributed by atoms with Crippen molar-refractivity contribution in [1.29, 1.82) is 0 Å². The fraction of sp³-hybridized carbons (Fsp3) is 0.368. The van der Waals surface area contributed by atoms with Gasteiger partial charge in [0.1, 0.15) is 17.8 Å². The minimum atomic E-state index is -1.09. The maximum atomic E-state index is 12.7. The average molecular weight is 353 g/mol. The topological polar surface area (TPSA) is 92.6 Å². The number of carbonyl (C=O) groups excluding carboxylic acids is 1. The van der Waals surface area contributed by atoms with Crippen LogP contribution in [-0.4, -0.2) is 51.5 Å². The lowest BCUT2D eigenvalue weighted by Gasteiger charge is -2.35. The van der Waals surface area contributed by atoms with Crippen molar-refractivity contribution in [3.8, 4) is 5.75 Å². The van der Waals surface area contributed by atoms with Gasteiger partial charge in [-0.05, 0) is 12.5 Å². The number of carbonyl (C=O) groups is 2. The molecule has 26 heavy (non-hydrogen) atoms. The largest absolute Gasteiger partial charge is 0.492 e. The van der Waals surface area contributed by atoms with Crippen molar-refractivity contribution in [3.63, 3.8) is 0 Å². The predicted octanol–water partition coefficient (Wildman–Crippen LogP) is 1.50. The zero-order valence-corrected chi connectivity index (χ0v) is 14.2. The molecule has 0 spiro atoms. The summed E-state index contributed by atoms with van der Waals surface area (Å²) in [6.45, 7) is 0.643. The van der Waals surface area contributed by atoms with Crippen LogP contribution < -0.4 is 4.74 Å². The maximum Gasteiger partial charge on any atom is 0.315 e. The molecule has 2 atom stereocenters. The van der Waals surface area contributed by atoms with E-state index in [2.05, 4.69) is 9.97 Å². The molecule has 1 fully saturated rings. The molecule has 2 unspecified atom stereocenters. The summed E-state index contributed by atoms with van der Waals surface area (Å²) in [5.74, 6) is -0.530. The van der Waals surface area contributed by atoms with Gasteiger partial charge in [-0.15, -0.1) is 0 Å². The number of rotatable bonds is 4. The Morgan fingerprint density at radius 2 is 2.15 bits per heavy atom. The van der Waals surface area contributed by atoms with Crippen molar-refractivity contribution in [2.24, 2.45) is 5.41 Å². The standard InChI is InChI=1S/C19H19N3O4/c23-17(6-5-13-9-20-7-8-21-13)22-10-15-14-3-1-2-4-16(14)26-12-19(15,11-22)18(24)25/h1-4,7-9,15H,5-6,10-12H2,(H,24,25). The number of hydrogen-bond donors (Lipinski definition) is 1. The first kappa shape index (κ1) is 16.5. The van der Waals surface area contributed by atoms with E-state index < -0.39 is 11.4 Å². The number of likely N-dealkylation sites (tertiary alicyclic amines) is 1. The van der Waals surface area contributed by atoms with Gasteiger partial charge in [0.25, 0.3) is 0 Å². The van der Waals surface area contributed by atoms with E-state index >= 15 is 0 Å². The van der Waals surface area contributed by atoms with Crippen molar-refractivity contribution in [3.05, 3.63) is 54.1 Å². The van der Waals surface area contributed by atoms with Gasteiger partial charge in [0.2, 0.25) is 5.91 Å². The SMILES string of the molecule is O=C(CCc1cnccn1)N1CC2c3ccccc3OCC2(C(=O)O)C1. The number of para-hydroxylation sites is 1. The molecule has 0 saturated carbocycles. The van der Waals surface area contributed by atoms with Crippen LogP contribution >= 0.6 is 0 Å². The van der Waals surface area contributed by atoms with E-state index in [4.69, 9.17) is 4.74 Å². The molecular formula is C19H19N3O4. The minimum absolute atomic E-state index is 0.0665. The Labute approximate surface area is 150 Å². The highest BCUT2D eigenvalue weighted by Crippen LogP contribution is 2.49. The molecule has 1 aromatic heterocycles. The fourth-order valence-electron chi connectivity index (χ4n) is 3.88. The normalized spacial score (nSPS) is 23.7. The lowest BCUT2D eigenvalue weighted by atomic mass is 9.73. The van der Waals surface area contributed by atoms with E-state index in [1.807, 2.05) is 24.3 Å². The summed E-state index contributed by atoms with van der Waals surface area (Å²) in [6.07, 6.45) is 5.59. The van der Waals surface area contributed by atoms with Gasteiger partial charge in [0.05, 0.1) is 5.69 Å². The van der Waals surface area contributed by atoms with Gasteiger partial charge < -0.3 is 14.7 Å². The third-order valence-corrected chi connectivity index (χ3v) is 5.31. The van der Waals surface area contributed by atoms with E-state index in [1.165, 1.54) is 0 Å². The Morgan fingerprint density at radius 1 is 1.31 bits per heavy atom. The Balaban J connectivity index is 1.54. The molecule has 0 bridgehead atoms. The van der Waals surface area contributed by atoms with Gasteiger partial charge in [0.15, 0.2) is 0 Å². The Kier molecular flexibility index (Phi) is 4.06. The second kappa shape index (κ2) is 6.40. The number of hydrogen-bond acceptors (Lipinski definition) is 5. The van der Waals surface area contributed by atoms with Crippen molar-refractivity contribution >= 4 is 11.9 Å². The maximum absolute atomic E-state index is 12.7. The van der Waals surface area contributed by atoms with Crippen LogP contribution in [0, 0.1) is 5.41 Å². The Hall–Kier alpha value is -2.96. The smallest absolute Gasteiger partial charge is 0.315 e. The van der Waals surface area contributed by atoms with Crippen LogP contribution in [0.2, 0.25) is 0 Å². The highest BCUT2D eigenvalue weighted by molar-refractivity contribution is 5.83. The zero-order chi connectivity index (χ0) is 18.1. The number of amides is 1. The molecule has 134 valence electrons. The number of aromatic nitrogens is 2. The third kappa shape index (κ3) is 2.69. The van der Waals surface area contributed by atoms with Crippen LogP contribution in [0.3, 0.4) is 0 Å². The van der Waals surface area contributed by atoms with Crippen LogP contribution in [0.1, 0.15) is 23.6 Å². The molecule has 2 aromatic rings. The van der Waals surface area contributed by atoms with Crippen LogP contribution in [0.4, 0.5) is 0 Å². The molecule has 1 saturated heterocycles. The first-order valence-electron chi connectivity index (χ1n) is 8.58. The molecule has 7 nitrogen and oxygen atoms in total. The summed E-state index contributed by atoms with van der Waals surface area (Å²) in [5.41, 5.74) is 0.529. The van der Waals surface area contributed by atoms with Gasteiger partial charge in [-0.1, -0.05) is 18.2 Å². The Morgan fingerprint density at radius 3 is 2.92 bits per heavy atom. The minimum Gasteiger partial charge on any atom is -0.492 e. The number of benzene rings is 1. The summed E-state index contributed by atoms with van der Waals surface area (Å²) in [5, 5.41) is 9.90. The monoisotopic (exact) mass is 353 g/mol. The number of carboxylic acid groups (broad SMARTS) is 1. The molecule has 7 heteroatoms. The van der Waals surface area contributed by atoms with Gasteiger partial charge in [0, 0.05) is 49.6 Å². The molecule has 4 rings (SSSR count). The zero-order valence-electron chi connectivity index (χ0n) is 14.2. The first-order valence-corrected chi connectivity index (χ1v) is 8.58. The third-order valence-electron chi connectivity index (χ3n) is 5.31. The molecule has 3 heterocycles. The second-order valence-electron chi connectivity index (χ2n) is 6.81. The van der Waals surface area contributed by atoms with Crippen LogP contribution in [0.25, 0.3) is 0 Å². The highest BCUT2D eigenvalue weighted by Gasteiger charge is 2.57. The molecule has 1 aromatic carbocycles. The number of carboxylic acids is 1. The van der Waals surface area contributed by atoms with Gasteiger partial charge in [-0.3, -0.25) is 19.6 Å². The number of aliphatic carboxylic acids is 1. The van der Waals surface area contributed by atoms with Crippen LogP contribution in [-0.2, 0) is 16.0 Å². The van der Waals surface area contributed by atoms with E-state index in [9.17, 15) is 14.7 Å². The van der Waals surface area contributed by atoms with Gasteiger partial charge in [-0.2, -0.15) is 0 Å². The lowest BCUT2D eigenvalue weighted by Crippen LogP contribution is -2.46. The fourth-order valence-corrected chi connectivity index (χ4v) is 3.88. The van der Waals surface area contributed by atoms with Crippen molar-refractivity contribution in [1.82, 2.24) is 14.9 Å². The molecule has 2 aliphatic heterocycles. The summed E-state index contributed by atoms with van der Waals surface area (Å²) in [7, 11) is 0. The summed E-state index contributed by atoms with van der Waals surface area (Å²) < 4.78 is 5.72. The first-order chi connectivity index (χ1) is 12.6. The highest BCUT2D eigenvalue weighted by atomic mass is 16.5. The molecule has 1 amide bonds. The number of nitrogens with zero attached hydrogens (tertiary/aromatic N) is 3. The quantitative estimate of drug-likeness (QED) is 0.895. The summed E-state index contributed by atoms with van der Waals surface area (Å²) in [6, 6.07) is 7.48. The lowest BCUT2D eigenvalue weighted by molar-refractivity contribution is -0.152. The van der Waals surface area contributed by atoms with Crippen molar-refractivity contribution < 1.29 is 19.4 Å². The number of aryl methyl sites for hydroxylation is 1. The van der Waals surface area contributed by atoms with Gasteiger partial charge >= 0.3 is 5.97 Å². The van der Waals surface area contributed by atoms with E-state index in [0.29, 0.717) is 18.7 Å². The molecule has 2 aliphatic rings. The summed E-state index contributed by atoms with van der Waals surface area (Å²) >= 11 is 0. The summed E-state index contributed by atoms with van der Waals surface area (Å²) in [4.78, 5) is 34.6. The molecule has 1 N–H and O–H groups in total. The van der Waals surface area contributed by atoms with Crippen LogP contribution in [0.15, 0.2) is 42.9 Å². The molecule has 0 radical (unpaired) electrons. The predicted molar refractivity (Wildman–Crippen MR) is 91.7 cm³/mol. The van der Waals surface area contributed by atoms with Gasteiger partial charge in [-0.25, -0.2) is 0 Å². The van der Waals surface area contributed by atoms with E-state index in [0.717, 1.165) is 11.3 Å². The van der Waals surface area contributed by atoms with Crippen molar-refractivity contribution in [2.45, 2.75) is 18.8 Å². The van der Waals surface area contributed by atoms with Crippen molar-refractivity contribution in [2.75, 3.05) is 19.7 Å². The van der Waals surface area contributed by atoms with E-state index in [1.54, 1.807) is 23.5 Å². The second-order valence-corrected chi connectivity index (χ2v) is 6.81. The molecular weight excluding hydrogens is 334 g/mol. The van der Waals surface area contributed by atoms with Crippen LogP contribution in [0.5, 0.6) is 5.75 Å². The Bertz CT molecular complexity index is 842. The van der Waals surface area contributed by atoms with E-state index in [-0.39, 0.29) is 31.4 Å². The number of ether oxygens (including phenoxy) is 1. The average Bonchev–Trinajstić information content (AvgIpc) is 3.09.